The van der Waals surface area contributed by atoms with Crippen LogP contribution in [0.4, 0.5) is 4.79 Å². The molecule has 3 atom stereocenters. The highest BCUT2D eigenvalue weighted by molar-refractivity contribution is 8.00. The Morgan fingerprint density at radius 3 is 2.87 bits per heavy atom. The van der Waals surface area contributed by atoms with Crippen LogP contribution in [0.15, 0.2) is 5.10 Å². The van der Waals surface area contributed by atoms with E-state index in [2.05, 4.69) is 31.3 Å². The molecule has 15 heavy (non-hydrogen) atoms. The van der Waals surface area contributed by atoms with Crippen molar-refractivity contribution in [2.45, 2.75) is 44.1 Å². The Kier molecular flexibility index (Phi) is 4.45. The molecule has 0 aliphatic carbocycles. The van der Waals surface area contributed by atoms with Crippen LogP contribution in [-0.2, 0) is 0 Å². The fourth-order valence-electron chi connectivity index (χ4n) is 1.88. The number of hydrazone groups is 1. The Morgan fingerprint density at radius 2 is 2.33 bits per heavy atom. The number of rotatable bonds is 2. The van der Waals surface area contributed by atoms with E-state index in [-0.39, 0.29) is 0 Å². The number of nitrogens with two attached hydrogens (primary N) is 1. The third-order valence-corrected chi connectivity index (χ3v) is 4.42. The zero-order valence-corrected chi connectivity index (χ0v) is 10.3. The van der Waals surface area contributed by atoms with E-state index in [0.29, 0.717) is 16.4 Å². The monoisotopic (exact) mass is 229 g/mol. The Hall–Kier alpha value is -0.710. The molecular weight excluding hydrogens is 210 g/mol. The van der Waals surface area contributed by atoms with E-state index in [9.17, 15) is 4.79 Å². The fraction of sp³-hybridized carbons (Fsp3) is 0.800. The first-order valence-corrected chi connectivity index (χ1v) is 6.26. The first-order valence-electron chi connectivity index (χ1n) is 5.32. The van der Waals surface area contributed by atoms with Crippen molar-refractivity contribution >= 4 is 23.5 Å². The molecule has 3 N–H and O–H groups in total. The van der Waals surface area contributed by atoms with Crippen molar-refractivity contribution in [3.63, 3.8) is 0 Å². The minimum atomic E-state index is -0.589. The summed E-state index contributed by atoms with van der Waals surface area (Å²) >= 11 is 2.01. The molecule has 0 aromatic rings. The molecule has 1 aliphatic rings. The van der Waals surface area contributed by atoms with E-state index in [4.69, 9.17) is 5.73 Å². The van der Waals surface area contributed by atoms with Crippen molar-refractivity contribution in [1.29, 1.82) is 0 Å². The highest BCUT2D eigenvalue weighted by atomic mass is 32.2. The van der Waals surface area contributed by atoms with E-state index in [1.165, 1.54) is 0 Å². The first kappa shape index (κ1) is 12.4. The number of nitrogens with zero attached hydrogens (tertiary/aromatic N) is 1. The van der Waals surface area contributed by atoms with Gasteiger partial charge in [0.15, 0.2) is 0 Å². The van der Waals surface area contributed by atoms with Crippen molar-refractivity contribution in [3.8, 4) is 0 Å². The van der Waals surface area contributed by atoms with Crippen LogP contribution in [0.3, 0.4) is 0 Å². The highest BCUT2D eigenvalue weighted by Gasteiger charge is 2.29. The summed E-state index contributed by atoms with van der Waals surface area (Å²) in [5, 5.41) is 5.26. The van der Waals surface area contributed by atoms with Gasteiger partial charge in [-0.3, -0.25) is 0 Å². The quantitative estimate of drug-likeness (QED) is 0.711. The summed E-state index contributed by atoms with van der Waals surface area (Å²) in [5.74, 6) is 0.419. The largest absolute Gasteiger partial charge is 0.350 e. The maximum absolute atomic E-state index is 10.6. The van der Waals surface area contributed by atoms with Crippen LogP contribution in [0.1, 0.15) is 33.6 Å². The average molecular weight is 229 g/mol. The molecule has 1 heterocycles. The number of hydrogen-bond donors (Lipinski definition) is 2. The minimum Gasteiger partial charge on any atom is -0.350 e. The molecule has 2 amide bonds. The molecule has 5 heteroatoms. The van der Waals surface area contributed by atoms with Gasteiger partial charge in [-0.15, -0.1) is 0 Å². The maximum Gasteiger partial charge on any atom is 0.332 e. The van der Waals surface area contributed by atoms with Gasteiger partial charge < -0.3 is 5.73 Å². The zero-order valence-electron chi connectivity index (χ0n) is 9.49. The van der Waals surface area contributed by atoms with Crippen molar-refractivity contribution in [1.82, 2.24) is 5.43 Å². The van der Waals surface area contributed by atoms with Gasteiger partial charge in [0.2, 0.25) is 0 Å². The average Bonchev–Trinajstić information content (AvgIpc) is 2.18. The van der Waals surface area contributed by atoms with E-state index in [1.54, 1.807) is 0 Å². The number of carbonyl (C=O) groups excluding carboxylic acids is 1. The third kappa shape index (κ3) is 3.41. The van der Waals surface area contributed by atoms with Gasteiger partial charge in [0.05, 0.1) is 0 Å². The predicted octanol–water partition coefficient (Wildman–Crippen LogP) is 1.95. The van der Waals surface area contributed by atoms with E-state index in [0.717, 1.165) is 18.6 Å². The molecule has 1 aliphatic heterocycles. The highest BCUT2D eigenvalue weighted by Crippen LogP contribution is 2.35. The molecule has 1 rings (SSSR count). The molecule has 0 spiro atoms. The first-order chi connectivity index (χ1) is 7.04. The summed E-state index contributed by atoms with van der Waals surface area (Å²) < 4.78 is 0. The molecule has 0 aromatic heterocycles. The van der Waals surface area contributed by atoms with Crippen molar-refractivity contribution in [2.24, 2.45) is 16.8 Å². The molecule has 0 unspecified atom stereocenters. The maximum atomic E-state index is 10.6. The van der Waals surface area contributed by atoms with Crippen LogP contribution in [0.25, 0.3) is 0 Å². The van der Waals surface area contributed by atoms with Gasteiger partial charge in [0.1, 0.15) is 0 Å². The second-order valence-corrected chi connectivity index (χ2v) is 5.65. The standard InChI is InChI=1S/C10H19N3OS/c1-4-9-7(3)8(5-6(2)15-9)12-13-10(11)14/h6-7,9H,4-5H2,1-3H3,(H3,11,13,14)/t6-,7+,9+/m1/s1. The third-order valence-electron chi connectivity index (χ3n) is 2.70. The van der Waals surface area contributed by atoms with E-state index in [1.807, 2.05) is 11.8 Å². The summed E-state index contributed by atoms with van der Waals surface area (Å²) in [6.45, 7) is 6.54. The number of urea groups is 1. The number of carbonyl (C=O) groups is 1. The summed E-state index contributed by atoms with van der Waals surface area (Å²) in [4.78, 5) is 10.6. The normalized spacial score (nSPS) is 34.1. The van der Waals surface area contributed by atoms with E-state index >= 15 is 0 Å². The lowest BCUT2D eigenvalue weighted by Gasteiger charge is -2.32. The lowest BCUT2D eigenvalue weighted by atomic mass is 9.95. The molecule has 0 radical (unpaired) electrons. The van der Waals surface area contributed by atoms with Crippen molar-refractivity contribution in [2.75, 3.05) is 0 Å². The molecule has 86 valence electrons. The van der Waals surface area contributed by atoms with Crippen LogP contribution in [-0.4, -0.2) is 22.2 Å². The summed E-state index contributed by atoms with van der Waals surface area (Å²) in [6.07, 6.45) is 2.06. The van der Waals surface area contributed by atoms with Gasteiger partial charge in [0.25, 0.3) is 0 Å². The van der Waals surface area contributed by atoms with Crippen molar-refractivity contribution < 1.29 is 4.79 Å². The van der Waals surface area contributed by atoms with Gasteiger partial charge in [-0.25, -0.2) is 10.2 Å². The van der Waals surface area contributed by atoms with Crippen LogP contribution < -0.4 is 11.2 Å². The summed E-state index contributed by atoms with van der Waals surface area (Å²) in [5.41, 5.74) is 8.38. The Labute approximate surface area is 95.1 Å². The van der Waals surface area contributed by atoms with Crippen molar-refractivity contribution in [3.05, 3.63) is 0 Å². The van der Waals surface area contributed by atoms with Gasteiger partial charge >= 0.3 is 6.03 Å². The van der Waals surface area contributed by atoms with Crippen LogP contribution >= 0.6 is 11.8 Å². The minimum absolute atomic E-state index is 0.419. The van der Waals surface area contributed by atoms with Crippen LogP contribution in [0.2, 0.25) is 0 Å². The fourth-order valence-corrected chi connectivity index (χ4v) is 3.33. The number of nitrogens with one attached hydrogen (secondary N) is 1. The predicted molar refractivity (Wildman–Crippen MR) is 65.1 cm³/mol. The molecule has 4 nitrogen and oxygen atoms in total. The Bertz CT molecular complexity index is 267. The van der Waals surface area contributed by atoms with E-state index < -0.39 is 6.03 Å². The zero-order chi connectivity index (χ0) is 11.4. The molecular formula is C10H19N3OS. The molecule has 0 saturated carbocycles. The number of amides is 2. The summed E-state index contributed by atoms with van der Waals surface area (Å²) in [6, 6.07) is -0.589. The second-order valence-electron chi connectivity index (χ2n) is 3.97. The smallest absolute Gasteiger partial charge is 0.332 e. The second kappa shape index (κ2) is 5.39. The molecule has 1 fully saturated rings. The number of thioether (sulfide) groups is 1. The van der Waals surface area contributed by atoms with Crippen LogP contribution in [0.5, 0.6) is 0 Å². The van der Waals surface area contributed by atoms with Gasteiger partial charge in [-0.1, -0.05) is 20.8 Å². The Morgan fingerprint density at radius 1 is 1.67 bits per heavy atom. The lowest BCUT2D eigenvalue weighted by molar-refractivity contribution is 0.249. The SMILES string of the molecule is CC[C@@H]1S[C@H](C)CC(=NNC(N)=O)[C@@H]1C. The van der Waals surface area contributed by atoms with Gasteiger partial charge in [0, 0.05) is 22.1 Å². The van der Waals surface area contributed by atoms with Gasteiger partial charge in [-0.2, -0.15) is 16.9 Å². The molecule has 0 bridgehead atoms. The summed E-state index contributed by atoms with van der Waals surface area (Å²) in [7, 11) is 0. The van der Waals surface area contributed by atoms with Gasteiger partial charge in [-0.05, 0) is 12.8 Å². The topological polar surface area (TPSA) is 67.5 Å². The molecule has 1 saturated heterocycles. The molecule has 0 aromatic carbocycles. The van der Waals surface area contributed by atoms with Crippen LogP contribution in [0, 0.1) is 5.92 Å². The lowest BCUT2D eigenvalue weighted by Crippen LogP contribution is -2.35. The number of hydrogen-bond acceptors (Lipinski definition) is 3. The number of primary amides is 1. The Balaban J connectivity index is 2.69.